The van der Waals surface area contributed by atoms with Gasteiger partial charge in [-0.2, -0.15) is 9.36 Å². The lowest BCUT2D eigenvalue weighted by atomic mass is 9.94. The summed E-state index contributed by atoms with van der Waals surface area (Å²) in [5.74, 6) is 1.95. The quantitative estimate of drug-likeness (QED) is 0.459. The number of carbonyl (C=O) groups excluding carboxylic acids is 1. The molecule has 0 unspecified atom stereocenters. The van der Waals surface area contributed by atoms with E-state index < -0.39 is 0 Å². The summed E-state index contributed by atoms with van der Waals surface area (Å²) in [4.78, 5) is 18.8. The van der Waals surface area contributed by atoms with E-state index in [-0.39, 0.29) is 5.97 Å². The van der Waals surface area contributed by atoms with Gasteiger partial charge in [0.1, 0.15) is 5.75 Å². The summed E-state index contributed by atoms with van der Waals surface area (Å²) in [6.07, 6.45) is 3.29. The predicted molar refractivity (Wildman–Crippen MR) is 123 cm³/mol. The Labute approximate surface area is 187 Å². The average molecular weight is 438 g/mol. The first-order valence-corrected chi connectivity index (χ1v) is 11.5. The second-order valence-electron chi connectivity index (χ2n) is 7.58. The molecule has 2 aromatic carbocycles. The highest BCUT2D eigenvalue weighted by Crippen LogP contribution is 2.29. The van der Waals surface area contributed by atoms with Crippen LogP contribution >= 0.6 is 11.5 Å². The van der Waals surface area contributed by atoms with E-state index in [9.17, 15) is 4.79 Å². The van der Waals surface area contributed by atoms with E-state index >= 15 is 0 Å². The number of hydrogen-bond donors (Lipinski definition) is 0. The molecular weight excluding hydrogens is 410 g/mol. The van der Waals surface area contributed by atoms with Crippen molar-refractivity contribution in [1.29, 1.82) is 0 Å². The fraction of sp³-hybridized carbons (Fsp3) is 0.375. The molecule has 31 heavy (non-hydrogen) atoms. The lowest BCUT2D eigenvalue weighted by Crippen LogP contribution is -2.34. The highest BCUT2D eigenvalue weighted by atomic mass is 32.1. The minimum atomic E-state index is -0.299. The summed E-state index contributed by atoms with van der Waals surface area (Å²) in [5, 5.41) is 1.01. The molecule has 1 saturated heterocycles. The molecule has 0 N–H and O–H groups in total. The molecule has 0 radical (unpaired) electrons. The lowest BCUT2D eigenvalue weighted by molar-refractivity contribution is 0.0526. The number of rotatable bonds is 8. The topological polar surface area (TPSA) is 64.6 Å². The zero-order valence-corrected chi connectivity index (χ0v) is 18.5. The number of carbonyl (C=O) groups is 1. The van der Waals surface area contributed by atoms with E-state index in [1.807, 2.05) is 42.5 Å². The van der Waals surface area contributed by atoms with Crippen molar-refractivity contribution in [2.75, 3.05) is 31.2 Å². The molecule has 0 atom stereocenters. The third-order valence-corrected chi connectivity index (χ3v) is 6.27. The first-order valence-electron chi connectivity index (χ1n) is 10.8. The number of nitrogens with zero attached hydrogens (tertiary/aromatic N) is 3. The third kappa shape index (κ3) is 5.61. The molecule has 0 saturated carbocycles. The maximum Gasteiger partial charge on any atom is 0.338 e. The van der Waals surface area contributed by atoms with Crippen molar-refractivity contribution >= 4 is 22.6 Å². The number of hydrogen-bond acceptors (Lipinski definition) is 7. The third-order valence-electron chi connectivity index (χ3n) is 5.49. The zero-order chi connectivity index (χ0) is 21.5. The van der Waals surface area contributed by atoms with Crippen LogP contribution in [-0.4, -0.2) is 41.6 Å². The van der Waals surface area contributed by atoms with E-state index in [4.69, 9.17) is 14.5 Å². The molecular formula is C24H27N3O3S. The molecule has 1 aromatic heterocycles. The van der Waals surface area contributed by atoms with Crippen molar-refractivity contribution in [2.24, 2.45) is 5.92 Å². The Bertz CT molecular complexity index is 967. The molecule has 4 rings (SSSR count). The second kappa shape index (κ2) is 10.4. The Morgan fingerprint density at radius 1 is 1.10 bits per heavy atom. The molecule has 7 heteroatoms. The summed E-state index contributed by atoms with van der Waals surface area (Å²) in [6, 6.07) is 17.3. The van der Waals surface area contributed by atoms with E-state index in [0.717, 1.165) is 54.6 Å². The second-order valence-corrected chi connectivity index (χ2v) is 8.31. The van der Waals surface area contributed by atoms with Gasteiger partial charge in [0.15, 0.2) is 5.82 Å². The molecule has 1 aliphatic heterocycles. The van der Waals surface area contributed by atoms with Crippen molar-refractivity contribution in [3.8, 4) is 17.1 Å². The summed E-state index contributed by atoms with van der Waals surface area (Å²) < 4.78 is 15.4. The van der Waals surface area contributed by atoms with E-state index in [1.54, 1.807) is 19.1 Å². The van der Waals surface area contributed by atoms with E-state index in [0.29, 0.717) is 24.7 Å². The van der Waals surface area contributed by atoms with Gasteiger partial charge in [0, 0.05) is 30.2 Å². The molecule has 3 aromatic rings. The van der Waals surface area contributed by atoms with Crippen molar-refractivity contribution in [3.63, 3.8) is 0 Å². The van der Waals surface area contributed by atoms with Crippen LogP contribution < -0.4 is 9.64 Å². The fourth-order valence-electron chi connectivity index (χ4n) is 3.71. The standard InChI is InChI=1S/C24H27N3O3S/c1-2-29-23(28)20-8-10-21(11-9-20)30-17-14-18-12-15-27(16-13-18)24-25-22(26-31-24)19-6-4-3-5-7-19/h3-11,18H,2,12-17H2,1H3. The summed E-state index contributed by atoms with van der Waals surface area (Å²) in [7, 11) is 0. The number of ether oxygens (including phenoxy) is 2. The predicted octanol–water partition coefficient (Wildman–Crippen LogP) is 5.07. The normalized spacial score (nSPS) is 14.4. The maximum absolute atomic E-state index is 11.7. The van der Waals surface area contributed by atoms with Gasteiger partial charge >= 0.3 is 5.97 Å². The number of anilines is 1. The van der Waals surface area contributed by atoms with Crippen LogP contribution in [-0.2, 0) is 4.74 Å². The first kappa shape index (κ1) is 21.3. The molecule has 0 amide bonds. The Balaban J connectivity index is 1.20. The molecule has 0 aliphatic carbocycles. The fourth-order valence-corrected chi connectivity index (χ4v) is 4.45. The van der Waals surface area contributed by atoms with Crippen LogP contribution in [0.15, 0.2) is 54.6 Å². The van der Waals surface area contributed by atoms with Crippen LogP contribution in [0.3, 0.4) is 0 Å². The SMILES string of the molecule is CCOC(=O)c1ccc(OCCC2CCN(c3nc(-c4ccccc4)ns3)CC2)cc1. The average Bonchev–Trinajstić information content (AvgIpc) is 3.31. The van der Waals surface area contributed by atoms with E-state index in [1.165, 1.54) is 11.5 Å². The van der Waals surface area contributed by atoms with Crippen LogP contribution in [0.5, 0.6) is 5.75 Å². The molecule has 162 valence electrons. The van der Waals surface area contributed by atoms with Crippen LogP contribution in [0.1, 0.15) is 36.5 Å². The van der Waals surface area contributed by atoms with Crippen LogP contribution in [0.2, 0.25) is 0 Å². The Hall–Kier alpha value is -2.93. The molecule has 0 spiro atoms. The Morgan fingerprint density at radius 2 is 1.84 bits per heavy atom. The van der Waals surface area contributed by atoms with Crippen LogP contribution in [0, 0.1) is 5.92 Å². The van der Waals surface area contributed by atoms with Crippen LogP contribution in [0.4, 0.5) is 5.13 Å². The number of esters is 1. The molecule has 1 aliphatic rings. The number of aromatic nitrogens is 2. The Morgan fingerprint density at radius 3 is 2.55 bits per heavy atom. The molecule has 0 bridgehead atoms. The number of piperidine rings is 1. The van der Waals surface area contributed by atoms with Gasteiger partial charge in [-0.25, -0.2) is 4.79 Å². The van der Waals surface area contributed by atoms with Gasteiger partial charge in [-0.05, 0) is 56.4 Å². The monoisotopic (exact) mass is 437 g/mol. The summed E-state index contributed by atoms with van der Waals surface area (Å²) in [5.41, 5.74) is 1.61. The Kier molecular flexibility index (Phi) is 7.14. The van der Waals surface area contributed by atoms with Crippen molar-refractivity contribution < 1.29 is 14.3 Å². The van der Waals surface area contributed by atoms with Gasteiger partial charge < -0.3 is 14.4 Å². The summed E-state index contributed by atoms with van der Waals surface area (Å²) >= 11 is 1.48. The lowest BCUT2D eigenvalue weighted by Gasteiger charge is -2.31. The summed E-state index contributed by atoms with van der Waals surface area (Å²) in [6.45, 7) is 4.86. The highest BCUT2D eigenvalue weighted by molar-refractivity contribution is 7.09. The minimum absolute atomic E-state index is 0.299. The van der Waals surface area contributed by atoms with Gasteiger partial charge in [-0.1, -0.05) is 30.3 Å². The van der Waals surface area contributed by atoms with Crippen molar-refractivity contribution in [1.82, 2.24) is 9.36 Å². The van der Waals surface area contributed by atoms with Gasteiger partial charge in [0.25, 0.3) is 0 Å². The van der Waals surface area contributed by atoms with Crippen LogP contribution in [0.25, 0.3) is 11.4 Å². The van der Waals surface area contributed by atoms with E-state index in [2.05, 4.69) is 9.27 Å². The van der Waals surface area contributed by atoms with Gasteiger partial charge in [-0.15, -0.1) is 0 Å². The smallest absolute Gasteiger partial charge is 0.338 e. The highest BCUT2D eigenvalue weighted by Gasteiger charge is 2.22. The maximum atomic E-state index is 11.7. The van der Waals surface area contributed by atoms with Gasteiger partial charge in [0.05, 0.1) is 18.8 Å². The molecule has 1 fully saturated rings. The molecule has 2 heterocycles. The van der Waals surface area contributed by atoms with Gasteiger partial charge in [0.2, 0.25) is 5.13 Å². The van der Waals surface area contributed by atoms with Crippen molar-refractivity contribution in [3.05, 3.63) is 60.2 Å². The first-order chi connectivity index (χ1) is 15.2. The largest absolute Gasteiger partial charge is 0.494 e. The van der Waals surface area contributed by atoms with Gasteiger partial charge in [-0.3, -0.25) is 0 Å². The number of benzene rings is 2. The molecule has 6 nitrogen and oxygen atoms in total. The zero-order valence-electron chi connectivity index (χ0n) is 17.7. The minimum Gasteiger partial charge on any atom is -0.494 e. The van der Waals surface area contributed by atoms with Crippen molar-refractivity contribution in [2.45, 2.75) is 26.2 Å².